The number of nitro groups is 1. The van der Waals surface area contributed by atoms with Gasteiger partial charge in [0, 0.05) is 30.6 Å². The number of hydrogen-bond acceptors (Lipinski definition) is 5. The third-order valence-corrected chi connectivity index (χ3v) is 2.88. The van der Waals surface area contributed by atoms with Crippen molar-refractivity contribution >= 4 is 17.3 Å². The molecule has 21 heavy (non-hydrogen) atoms. The smallest absolute Gasteiger partial charge is 0.339 e. The van der Waals surface area contributed by atoms with Gasteiger partial charge in [-0.2, -0.15) is 0 Å². The highest BCUT2D eigenvalue weighted by Crippen LogP contribution is 2.18. The van der Waals surface area contributed by atoms with Gasteiger partial charge in [0.05, 0.1) is 10.6 Å². The third-order valence-electron chi connectivity index (χ3n) is 2.88. The minimum Gasteiger partial charge on any atom is -0.478 e. The minimum atomic E-state index is -1.08. The van der Waals surface area contributed by atoms with Crippen molar-refractivity contribution in [1.29, 1.82) is 0 Å². The molecule has 0 amide bonds. The van der Waals surface area contributed by atoms with Crippen molar-refractivity contribution in [3.63, 3.8) is 0 Å². The van der Waals surface area contributed by atoms with Crippen LogP contribution in [0.5, 0.6) is 0 Å². The molecule has 7 heteroatoms. The van der Waals surface area contributed by atoms with E-state index < -0.39 is 10.9 Å². The fraction of sp³-hybridized carbons (Fsp3) is 0.143. The fourth-order valence-electron chi connectivity index (χ4n) is 1.85. The van der Waals surface area contributed by atoms with Crippen molar-refractivity contribution in [2.75, 3.05) is 5.32 Å². The topological polar surface area (TPSA) is 105 Å². The minimum absolute atomic E-state index is 0.00123. The monoisotopic (exact) mass is 287 g/mol. The van der Waals surface area contributed by atoms with E-state index in [1.807, 2.05) is 0 Å². The first-order chi connectivity index (χ1) is 9.97. The summed E-state index contributed by atoms with van der Waals surface area (Å²) in [5.74, 6) is -1.08. The van der Waals surface area contributed by atoms with Crippen molar-refractivity contribution in [3.05, 3.63) is 63.5 Å². The van der Waals surface area contributed by atoms with Crippen LogP contribution in [0.25, 0.3) is 0 Å². The van der Waals surface area contributed by atoms with Gasteiger partial charge in [0.25, 0.3) is 5.69 Å². The largest absolute Gasteiger partial charge is 0.478 e. The molecule has 0 fully saturated rings. The molecule has 7 nitrogen and oxygen atoms in total. The van der Waals surface area contributed by atoms with E-state index in [2.05, 4.69) is 10.3 Å². The summed E-state index contributed by atoms with van der Waals surface area (Å²) in [5, 5.41) is 22.8. The number of rotatable bonds is 5. The Morgan fingerprint density at radius 2 is 2.19 bits per heavy atom. The molecule has 1 aromatic carbocycles. The molecule has 0 bridgehead atoms. The van der Waals surface area contributed by atoms with E-state index >= 15 is 0 Å². The Labute approximate surface area is 120 Å². The molecule has 2 rings (SSSR count). The number of carbonyl (C=O) groups is 1. The Balaban J connectivity index is 2.20. The second-order valence-electron chi connectivity index (χ2n) is 4.46. The first-order valence-electron chi connectivity index (χ1n) is 6.14. The van der Waals surface area contributed by atoms with Crippen LogP contribution in [-0.4, -0.2) is 21.0 Å². The molecule has 1 heterocycles. The van der Waals surface area contributed by atoms with Gasteiger partial charge in [-0.3, -0.25) is 15.1 Å². The Kier molecular flexibility index (Phi) is 4.13. The van der Waals surface area contributed by atoms with Crippen molar-refractivity contribution < 1.29 is 14.8 Å². The summed E-state index contributed by atoms with van der Waals surface area (Å²) in [5.41, 5.74) is 1.86. The molecule has 1 aromatic heterocycles. The first-order valence-corrected chi connectivity index (χ1v) is 6.14. The number of benzene rings is 1. The van der Waals surface area contributed by atoms with Crippen LogP contribution >= 0.6 is 0 Å². The summed E-state index contributed by atoms with van der Waals surface area (Å²) in [6, 6.07) is 7.80. The van der Waals surface area contributed by atoms with Gasteiger partial charge in [0.2, 0.25) is 0 Å². The lowest BCUT2D eigenvalue weighted by Gasteiger charge is -2.10. The number of anilines is 1. The van der Waals surface area contributed by atoms with E-state index in [0.717, 1.165) is 0 Å². The second-order valence-corrected chi connectivity index (χ2v) is 4.46. The molecule has 0 saturated carbocycles. The number of nitro benzene ring substituents is 1. The molecular formula is C14H13N3O4. The normalized spacial score (nSPS) is 10.1. The van der Waals surface area contributed by atoms with Gasteiger partial charge in [-0.25, -0.2) is 4.79 Å². The van der Waals surface area contributed by atoms with Crippen LogP contribution in [0, 0.1) is 17.0 Å². The van der Waals surface area contributed by atoms with Gasteiger partial charge in [-0.15, -0.1) is 0 Å². The van der Waals surface area contributed by atoms with Crippen LogP contribution < -0.4 is 5.32 Å². The van der Waals surface area contributed by atoms with E-state index in [-0.39, 0.29) is 17.8 Å². The molecular weight excluding hydrogens is 274 g/mol. The molecule has 0 aliphatic carbocycles. The van der Waals surface area contributed by atoms with Crippen LogP contribution in [0.15, 0.2) is 36.5 Å². The zero-order valence-electron chi connectivity index (χ0n) is 11.2. The summed E-state index contributed by atoms with van der Waals surface area (Å²) in [6.45, 7) is 2.04. The molecule has 108 valence electrons. The van der Waals surface area contributed by atoms with Crippen LogP contribution in [-0.2, 0) is 6.54 Å². The molecule has 2 N–H and O–H groups in total. The number of aromatic nitrogens is 1. The lowest BCUT2D eigenvalue weighted by Crippen LogP contribution is -2.07. The number of carboxylic acids is 1. The zero-order chi connectivity index (χ0) is 15.4. The highest BCUT2D eigenvalue weighted by Gasteiger charge is 2.11. The van der Waals surface area contributed by atoms with Gasteiger partial charge in [0.15, 0.2) is 0 Å². The Morgan fingerprint density at radius 1 is 1.43 bits per heavy atom. The van der Waals surface area contributed by atoms with Gasteiger partial charge < -0.3 is 10.4 Å². The number of nitrogens with one attached hydrogen (secondary N) is 1. The number of hydrogen-bond donors (Lipinski definition) is 2. The molecule has 0 atom stereocenters. The summed E-state index contributed by atoms with van der Waals surface area (Å²) in [6.07, 6.45) is 1.29. The lowest BCUT2D eigenvalue weighted by atomic mass is 10.1. The van der Waals surface area contributed by atoms with Crippen molar-refractivity contribution in [3.8, 4) is 0 Å². The number of non-ortho nitro benzene ring substituents is 1. The third kappa shape index (κ3) is 3.53. The average molecular weight is 287 g/mol. The molecule has 0 radical (unpaired) electrons. The van der Waals surface area contributed by atoms with Gasteiger partial charge >= 0.3 is 5.97 Å². The maximum absolute atomic E-state index is 11.1. The van der Waals surface area contributed by atoms with E-state index in [0.29, 0.717) is 16.9 Å². The predicted molar refractivity (Wildman–Crippen MR) is 76.4 cm³/mol. The molecule has 0 aliphatic heterocycles. The standard InChI is InChI=1S/C14H13N3O4/c1-9-5-13(12(8-15-9)14(18)19)16-7-10-3-2-4-11(6-10)17(20)21/h2-6,8H,7H2,1H3,(H,15,16)(H,18,19). The molecule has 0 aliphatic rings. The lowest BCUT2D eigenvalue weighted by molar-refractivity contribution is -0.384. The quantitative estimate of drug-likeness (QED) is 0.646. The Morgan fingerprint density at radius 3 is 2.86 bits per heavy atom. The van der Waals surface area contributed by atoms with Crippen molar-refractivity contribution in [2.45, 2.75) is 13.5 Å². The maximum atomic E-state index is 11.1. The number of aromatic carboxylic acids is 1. The van der Waals surface area contributed by atoms with Gasteiger partial charge in [0.1, 0.15) is 5.56 Å². The zero-order valence-corrected chi connectivity index (χ0v) is 11.2. The highest BCUT2D eigenvalue weighted by molar-refractivity contribution is 5.93. The Hall–Kier alpha value is -2.96. The fourth-order valence-corrected chi connectivity index (χ4v) is 1.85. The van der Waals surface area contributed by atoms with E-state index in [1.54, 1.807) is 25.1 Å². The van der Waals surface area contributed by atoms with Crippen molar-refractivity contribution in [2.24, 2.45) is 0 Å². The number of nitrogens with zero attached hydrogens (tertiary/aromatic N) is 2. The summed E-state index contributed by atoms with van der Waals surface area (Å²) < 4.78 is 0. The summed E-state index contributed by atoms with van der Waals surface area (Å²) in [4.78, 5) is 25.3. The average Bonchev–Trinajstić information content (AvgIpc) is 2.45. The molecule has 0 saturated heterocycles. The first kappa shape index (κ1) is 14.4. The van der Waals surface area contributed by atoms with E-state index in [9.17, 15) is 14.9 Å². The highest BCUT2D eigenvalue weighted by atomic mass is 16.6. The van der Waals surface area contributed by atoms with Gasteiger partial charge in [-0.1, -0.05) is 12.1 Å². The second kappa shape index (κ2) is 6.00. The predicted octanol–water partition coefficient (Wildman–Crippen LogP) is 2.61. The SMILES string of the molecule is Cc1cc(NCc2cccc([N+](=O)[O-])c2)c(C(=O)O)cn1. The Bertz CT molecular complexity index is 700. The van der Waals surface area contributed by atoms with E-state index in [4.69, 9.17) is 5.11 Å². The number of carboxylic acid groups (broad SMARTS) is 1. The number of aryl methyl sites for hydroxylation is 1. The summed E-state index contributed by atoms with van der Waals surface area (Å²) >= 11 is 0. The molecule has 0 unspecified atom stereocenters. The van der Waals surface area contributed by atoms with Crippen LogP contribution in [0.3, 0.4) is 0 Å². The molecule has 0 spiro atoms. The van der Waals surface area contributed by atoms with Crippen LogP contribution in [0.4, 0.5) is 11.4 Å². The van der Waals surface area contributed by atoms with Crippen molar-refractivity contribution in [1.82, 2.24) is 4.98 Å². The van der Waals surface area contributed by atoms with Gasteiger partial charge in [-0.05, 0) is 18.6 Å². The van der Waals surface area contributed by atoms with Crippen LogP contribution in [0.1, 0.15) is 21.6 Å². The van der Waals surface area contributed by atoms with E-state index in [1.165, 1.54) is 18.3 Å². The molecule has 2 aromatic rings. The maximum Gasteiger partial charge on any atom is 0.339 e. The van der Waals surface area contributed by atoms with Crippen LogP contribution in [0.2, 0.25) is 0 Å². The summed E-state index contributed by atoms with van der Waals surface area (Å²) in [7, 11) is 0. The number of pyridine rings is 1.